The number of esters is 1. The average Bonchev–Trinajstić information content (AvgIpc) is 3.64. The summed E-state index contributed by atoms with van der Waals surface area (Å²) in [4.78, 5) is 28.6. The lowest BCUT2D eigenvalue weighted by molar-refractivity contribution is -0.304. The van der Waals surface area contributed by atoms with Crippen LogP contribution in [0.25, 0.3) is 11.3 Å². The van der Waals surface area contributed by atoms with Gasteiger partial charge >= 0.3 is 5.97 Å². The molecule has 314 valence electrons. The second-order valence-corrected chi connectivity index (χ2v) is 15.5. The molecule has 1 saturated heterocycles. The Labute approximate surface area is 332 Å². The summed E-state index contributed by atoms with van der Waals surface area (Å²) >= 11 is 0. The zero-order valence-corrected chi connectivity index (χ0v) is 33.4. The first-order chi connectivity index (χ1) is 26.2. The summed E-state index contributed by atoms with van der Waals surface area (Å²) in [7, 11) is 3.52. The van der Waals surface area contributed by atoms with E-state index in [0.717, 1.165) is 16.8 Å². The van der Waals surface area contributed by atoms with E-state index in [4.69, 9.17) is 14.2 Å². The van der Waals surface area contributed by atoms with Gasteiger partial charge in [-0.1, -0.05) is 81.5 Å². The minimum atomic E-state index is -1.24. The molecule has 0 saturated carbocycles. The van der Waals surface area contributed by atoms with Crippen molar-refractivity contribution in [3.63, 3.8) is 0 Å². The molecule has 2 aliphatic rings. The molecule has 0 spiro atoms. The van der Waals surface area contributed by atoms with E-state index < -0.39 is 72.7 Å². The van der Waals surface area contributed by atoms with E-state index in [-0.39, 0.29) is 32.2 Å². The molecule has 0 aliphatic carbocycles. The lowest BCUT2D eigenvalue weighted by Crippen LogP contribution is -2.63. The van der Waals surface area contributed by atoms with E-state index in [1.54, 1.807) is 49.7 Å². The smallest absolute Gasteiger partial charge is 0.308 e. The van der Waals surface area contributed by atoms with Crippen LogP contribution in [-0.4, -0.2) is 135 Å². The fraction of sp³-hybridized carbons (Fsp3) is 0.667. The molecular formula is C42H67N5O9. The quantitative estimate of drug-likeness (QED) is 0.156. The number of ketones is 1. The van der Waals surface area contributed by atoms with E-state index in [1.807, 2.05) is 57.3 Å². The summed E-state index contributed by atoms with van der Waals surface area (Å²) in [5.74, 6) is -2.67. The minimum absolute atomic E-state index is 0. The van der Waals surface area contributed by atoms with Gasteiger partial charge in [-0.2, -0.15) is 0 Å². The molecule has 1 aromatic heterocycles. The van der Waals surface area contributed by atoms with Crippen LogP contribution in [0.3, 0.4) is 0 Å². The Hall–Kier alpha value is -3.34. The Morgan fingerprint density at radius 3 is 2.41 bits per heavy atom. The molecule has 2 unspecified atom stereocenters. The van der Waals surface area contributed by atoms with Crippen molar-refractivity contribution in [2.24, 2.45) is 23.7 Å². The SMILES string of the molecule is C.CC[C@H]1OC(=O)C[C@@H](O)[C@H](C)[C@@H](O[C@@H]2O[C@H](C)[C@@H](O)C(N(C)C)C2O)[C@@H](CCNCCn2cc(-c3ccccc3)nn2)C[C@@H](C)C(=O)/C=C/C(C)=C/[C@@H]1CO. The van der Waals surface area contributed by atoms with E-state index in [1.165, 1.54) is 6.08 Å². The molecule has 1 fully saturated rings. The van der Waals surface area contributed by atoms with Gasteiger partial charge in [0, 0.05) is 29.9 Å². The first-order valence-electron chi connectivity index (χ1n) is 19.6. The molecule has 0 amide bonds. The maximum atomic E-state index is 13.6. The highest BCUT2D eigenvalue weighted by Crippen LogP contribution is 2.34. The molecule has 5 N–H and O–H groups in total. The number of carbonyl (C=O) groups is 2. The van der Waals surface area contributed by atoms with E-state index in [0.29, 0.717) is 38.9 Å². The number of nitrogens with zero attached hydrogens (tertiary/aromatic N) is 4. The van der Waals surface area contributed by atoms with E-state index in [2.05, 4.69) is 15.6 Å². The third-order valence-corrected chi connectivity index (χ3v) is 11.0. The highest BCUT2D eigenvalue weighted by atomic mass is 16.7. The second kappa shape index (κ2) is 22.6. The number of cyclic esters (lactones) is 1. The zero-order valence-electron chi connectivity index (χ0n) is 33.4. The normalized spacial score (nSPS) is 34.0. The molecule has 2 aromatic rings. The van der Waals surface area contributed by atoms with Crippen molar-refractivity contribution in [1.29, 1.82) is 0 Å². The second-order valence-electron chi connectivity index (χ2n) is 15.5. The van der Waals surface area contributed by atoms with Crippen molar-refractivity contribution in [2.45, 2.75) is 123 Å². The fourth-order valence-corrected chi connectivity index (χ4v) is 7.61. The minimum Gasteiger partial charge on any atom is -0.462 e. The number of likely N-dealkylation sites (N-methyl/N-ethyl adjacent to an activating group) is 1. The maximum absolute atomic E-state index is 13.6. The van der Waals surface area contributed by atoms with Crippen molar-refractivity contribution in [2.75, 3.05) is 33.8 Å². The van der Waals surface area contributed by atoms with Crippen LogP contribution in [0.5, 0.6) is 0 Å². The summed E-state index contributed by atoms with van der Waals surface area (Å²) in [5.41, 5.74) is 2.51. The number of ether oxygens (including phenoxy) is 3. The Balaban J connectivity index is 0.00000841. The third-order valence-electron chi connectivity index (χ3n) is 11.0. The van der Waals surface area contributed by atoms with Gasteiger partial charge in [0.15, 0.2) is 12.1 Å². The number of allylic oxidation sites excluding steroid dienone is 3. The largest absolute Gasteiger partial charge is 0.462 e. The van der Waals surface area contributed by atoms with Gasteiger partial charge in [-0.3, -0.25) is 14.3 Å². The number of hydrogen-bond acceptors (Lipinski definition) is 13. The number of aliphatic hydroxyl groups is 4. The van der Waals surface area contributed by atoms with Gasteiger partial charge in [0.05, 0.1) is 56.2 Å². The Kier molecular flexibility index (Phi) is 19.0. The molecule has 0 bridgehead atoms. The van der Waals surface area contributed by atoms with Crippen LogP contribution in [0.15, 0.2) is 60.3 Å². The lowest BCUT2D eigenvalue weighted by atomic mass is 9.79. The Bertz CT molecular complexity index is 1550. The predicted octanol–water partition coefficient (Wildman–Crippen LogP) is 3.39. The van der Waals surface area contributed by atoms with Crippen LogP contribution >= 0.6 is 0 Å². The van der Waals surface area contributed by atoms with Crippen LogP contribution in [0.2, 0.25) is 0 Å². The predicted molar refractivity (Wildman–Crippen MR) is 214 cm³/mol. The highest BCUT2D eigenvalue weighted by molar-refractivity contribution is 5.91. The fourth-order valence-electron chi connectivity index (χ4n) is 7.61. The lowest BCUT2D eigenvalue weighted by Gasteiger charge is -2.46. The van der Waals surface area contributed by atoms with Crippen molar-refractivity contribution in [1.82, 2.24) is 25.2 Å². The van der Waals surface area contributed by atoms with Gasteiger partial charge in [0.2, 0.25) is 0 Å². The topological polar surface area (TPSA) is 189 Å². The molecule has 14 heteroatoms. The van der Waals surface area contributed by atoms with Crippen LogP contribution in [0, 0.1) is 23.7 Å². The van der Waals surface area contributed by atoms with Crippen LogP contribution in [0.1, 0.15) is 67.7 Å². The average molecular weight is 786 g/mol. The molecule has 2 aliphatic heterocycles. The summed E-state index contributed by atoms with van der Waals surface area (Å²) < 4.78 is 20.3. The summed E-state index contributed by atoms with van der Waals surface area (Å²) in [6, 6.07) is 9.13. The number of nitrogens with one attached hydrogen (secondary N) is 1. The number of rotatable bonds is 12. The number of aromatic nitrogens is 3. The van der Waals surface area contributed by atoms with Gasteiger partial charge < -0.3 is 44.9 Å². The highest BCUT2D eigenvalue weighted by Gasteiger charge is 2.47. The van der Waals surface area contributed by atoms with Gasteiger partial charge in [-0.25, -0.2) is 0 Å². The number of benzene rings is 1. The third kappa shape index (κ3) is 12.8. The van der Waals surface area contributed by atoms with Gasteiger partial charge in [-0.05, 0) is 65.7 Å². The van der Waals surface area contributed by atoms with Crippen molar-refractivity contribution >= 4 is 11.8 Å². The number of hydrogen-bond donors (Lipinski definition) is 5. The molecule has 4 rings (SSSR count). The van der Waals surface area contributed by atoms with Crippen molar-refractivity contribution < 1.29 is 44.2 Å². The van der Waals surface area contributed by atoms with Gasteiger partial charge in [0.1, 0.15) is 17.9 Å². The molecular weight excluding hydrogens is 718 g/mol. The molecule has 12 atom stereocenters. The Morgan fingerprint density at radius 1 is 1.04 bits per heavy atom. The van der Waals surface area contributed by atoms with Crippen LogP contribution in [-0.2, 0) is 30.3 Å². The van der Waals surface area contributed by atoms with Gasteiger partial charge in [-0.15, -0.1) is 5.10 Å². The summed E-state index contributed by atoms with van der Waals surface area (Å²) in [5, 5.41) is 56.2. The van der Waals surface area contributed by atoms with E-state index in [9.17, 15) is 30.0 Å². The number of aliphatic hydroxyl groups excluding tert-OH is 4. The monoisotopic (exact) mass is 785 g/mol. The standard InChI is InChI=1S/C41H63N5O9.CH4/c1-8-35-31(24-47)20-25(2)14-15-33(48)26(3)21-30(16-17-42-18-19-46-23-32(43-44-46)29-12-10-9-11-13-29)40(27(4)34(49)22-36(50)54-35)55-41-39(52)37(45(6)7)38(51)28(5)53-41;/h9-15,20,23,26-28,30-31,34-35,37-42,47,49,51-52H,8,16-19,21-22,24H2,1-7H3;1H4/b15-14+,25-20+;/t26-,27+,28-,30+,31-,34-,35-,37?,38-,39?,40-,41+;/m1./s1. The summed E-state index contributed by atoms with van der Waals surface area (Å²) in [6.45, 7) is 10.5. The first-order valence-corrected chi connectivity index (χ1v) is 19.6. The maximum Gasteiger partial charge on any atom is 0.308 e. The zero-order chi connectivity index (χ0) is 40.2. The molecule has 56 heavy (non-hydrogen) atoms. The first kappa shape index (κ1) is 47.0. The molecule has 1 aromatic carbocycles. The molecule has 0 radical (unpaired) electrons. The Morgan fingerprint density at radius 2 is 1.75 bits per heavy atom. The van der Waals surface area contributed by atoms with E-state index >= 15 is 0 Å². The molecule has 14 nitrogen and oxygen atoms in total. The molecule has 3 heterocycles. The number of carbonyl (C=O) groups excluding carboxylic acids is 2. The van der Waals surface area contributed by atoms with Gasteiger partial charge in [0.25, 0.3) is 0 Å². The van der Waals surface area contributed by atoms with Crippen LogP contribution in [0.4, 0.5) is 0 Å². The van der Waals surface area contributed by atoms with Crippen molar-refractivity contribution in [3.8, 4) is 11.3 Å². The summed E-state index contributed by atoms with van der Waals surface area (Å²) in [6.07, 6.45) is 1.24. The van der Waals surface area contributed by atoms with Crippen molar-refractivity contribution in [3.05, 3.63) is 60.3 Å². The van der Waals surface area contributed by atoms with Crippen LogP contribution < -0.4 is 5.32 Å².